The Morgan fingerprint density at radius 2 is 2.14 bits per heavy atom. The van der Waals surface area contributed by atoms with Crippen molar-refractivity contribution < 1.29 is 22.6 Å². The van der Waals surface area contributed by atoms with Crippen LogP contribution in [0.1, 0.15) is 20.3 Å². The van der Waals surface area contributed by atoms with Crippen LogP contribution >= 0.6 is 0 Å². The molecule has 0 aromatic heterocycles. The van der Waals surface area contributed by atoms with E-state index in [9.17, 15) is 13.2 Å². The Morgan fingerprint density at radius 1 is 1.50 bits per heavy atom. The van der Waals surface area contributed by atoms with Gasteiger partial charge in [0.05, 0.1) is 12.9 Å². The van der Waals surface area contributed by atoms with Gasteiger partial charge in [0.1, 0.15) is 5.92 Å². The maximum atomic E-state index is 12.5. The van der Waals surface area contributed by atoms with Crippen LogP contribution in [0.25, 0.3) is 0 Å². The Hall–Kier alpha value is -0.710. The maximum Gasteiger partial charge on any atom is 0.366 e. The fourth-order valence-corrected chi connectivity index (χ4v) is 1.12. The van der Waals surface area contributed by atoms with Crippen LogP contribution in [0.3, 0.4) is 0 Å². The molecule has 2 nitrogen and oxygen atoms in total. The summed E-state index contributed by atoms with van der Waals surface area (Å²) >= 11 is 0. The fraction of sp³-hybridized carbons (Fsp3) is 0.778. The van der Waals surface area contributed by atoms with Gasteiger partial charge in [-0.2, -0.15) is 8.78 Å². The molecule has 1 heterocycles. The molecular weight excluding hydrogens is 197 g/mol. The molecule has 0 saturated carbocycles. The zero-order chi connectivity index (χ0) is 10.8. The van der Waals surface area contributed by atoms with E-state index in [1.165, 1.54) is 6.26 Å². The third-order valence-corrected chi connectivity index (χ3v) is 1.88. The lowest BCUT2D eigenvalue weighted by atomic mass is 10.0. The number of rotatable bonds is 4. The van der Waals surface area contributed by atoms with Crippen molar-refractivity contribution in [1.29, 1.82) is 0 Å². The van der Waals surface area contributed by atoms with Crippen molar-refractivity contribution in [3.63, 3.8) is 0 Å². The molecule has 0 radical (unpaired) electrons. The maximum absolute atomic E-state index is 12.5. The van der Waals surface area contributed by atoms with Crippen LogP contribution in [0.5, 0.6) is 0 Å². The highest BCUT2D eigenvalue weighted by Crippen LogP contribution is 2.44. The quantitative estimate of drug-likeness (QED) is 0.524. The van der Waals surface area contributed by atoms with Crippen LogP contribution in [-0.2, 0) is 9.47 Å². The second-order valence-electron chi connectivity index (χ2n) is 3.49. The summed E-state index contributed by atoms with van der Waals surface area (Å²) in [6, 6.07) is 0. The highest BCUT2D eigenvalue weighted by Gasteiger charge is 2.58. The predicted molar refractivity (Wildman–Crippen MR) is 44.4 cm³/mol. The van der Waals surface area contributed by atoms with E-state index in [1.54, 1.807) is 0 Å². The summed E-state index contributed by atoms with van der Waals surface area (Å²) in [5.41, 5.74) is 0.929. The topological polar surface area (TPSA) is 18.5 Å². The summed E-state index contributed by atoms with van der Waals surface area (Å²) in [6.07, 6.45) is -3.77. The second kappa shape index (κ2) is 4.21. The number of ether oxygens (including phenoxy) is 2. The molecule has 0 aliphatic carbocycles. The molecule has 2 atom stereocenters. The Bertz CT molecular complexity index is 224. The van der Waals surface area contributed by atoms with E-state index in [1.807, 2.05) is 13.8 Å². The van der Waals surface area contributed by atoms with Crippen LogP contribution < -0.4 is 0 Å². The van der Waals surface area contributed by atoms with Gasteiger partial charge in [-0.25, -0.2) is 4.39 Å². The van der Waals surface area contributed by atoms with E-state index in [0.717, 1.165) is 5.57 Å². The minimum absolute atomic E-state index is 0.0437. The molecule has 0 amide bonds. The standard InChI is InChI=1S/C9H13F3O2/c1-6(2)5-13-4-3-7-8(10)14-9(7,11)12/h5,7-8H,3-4H2,1-2H3. The van der Waals surface area contributed by atoms with Gasteiger partial charge in [-0.05, 0) is 25.8 Å². The smallest absolute Gasteiger partial charge is 0.366 e. The number of alkyl halides is 3. The molecule has 14 heavy (non-hydrogen) atoms. The average molecular weight is 210 g/mol. The van der Waals surface area contributed by atoms with Crippen LogP contribution in [0.15, 0.2) is 11.8 Å². The van der Waals surface area contributed by atoms with Gasteiger partial charge in [0.2, 0.25) is 6.36 Å². The molecule has 0 aromatic carbocycles. The molecule has 2 unspecified atom stereocenters. The molecule has 1 rings (SSSR count). The first kappa shape index (κ1) is 11.4. The number of hydrogen-bond acceptors (Lipinski definition) is 2. The van der Waals surface area contributed by atoms with Gasteiger partial charge in [-0.3, -0.25) is 4.74 Å². The lowest BCUT2D eigenvalue weighted by Gasteiger charge is -2.38. The lowest BCUT2D eigenvalue weighted by molar-refractivity contribution is -0.426. The first-order chi connectivity index (χ1) is 6.43. The first-order valence-electron chi connectivity index (χ1n) is 4.38. The molecule has 0 spiro atoms. The normalized spacial score (nSPS) is 29.2. The van der Waals surface area contributed by atoms with Crippen LogP contribution in [-0.4, -0.2) is 19.1 Å². The van der Waals surface area contributed by atoms with Crippen LogP contribution in [0.2, 0.25) is 0 Å². The zero-order valence-electron chi connectivity index (χ0n) is 8.10. The second-order valence-corrected chi connectivity index (χ2v) is 3.49. The van der Waals surface area contributed by atoms with Gasteiger partial charge >= 0.3 is 6.11 Å². The molecule has 0 bridgehead atoms. The molecule has 0 N–H and O–H groups in total. The van der Waals surface area contributed by atoms with E-state index in [4.69, 9.17) is 4.74 Å². The molecular formula is C9H13F3O2. The summed E-state index contributed by atoms with van der Waals surface area (Å²) in [4.78, 5) is 0. The Kier molecular flexibility index (Phi) is 3.42. The molecule has 82 valence electrons. The summed E-state index contributed by atoms with van der Waals surface area (Å²) in [6.45, 7) is 3.72. The van der Waals surface area contributed by atoms with Gasteiger partial charge in [0.15, 0.2) is 0 Å². The predicted octanol–water partition coefficient (Wildman–Crippen LogP) is 2.85. The highest BCUT2D eigenvalue weighted by atomic mass is 19.3. The third kappa shape index (κ3) is 2.64. The molecule has 0 aromatic rings. The minimum Gasteiger partial charge on any atom is -0.501 e. The largest absolute Gasteiger partial charge is 0.501 e. The number of halogens is 3. The molecule has 1 saturated heterocycles. The highest BCUT2D eigenvalue weighted by molar-refractivity contribution is 4.87. The van der Waals surface area contributed by atoms with Crippen molar-refractivity contribution in [2.75, 3.05) is 6.61 Å². The summed E-state index contributed by atoms with van der Waals surface area (Å²) in [5.74, 6) is -1.37. The van der Waals surface area contributed by atoms with Crippen molar-refractivity contribution >= 4 is 0 Å². The summed E-state index contributed by atoms with van der Waals surface area (Å²) in [7, 11) is 0. The molecule has 1 aliphatic heterocycles. The van der Waals surface area contributed by atoms with Crippen molar-refractivity contribution in [1.82, 2.24) is 0 Å². The van der Waals surface area contributed by atoms with Crippen molar-refractivity contribution in [3.8, 4) is 0 Å². The van der Waals surface area contributed by atoms with Gasteiger partial charge in [0.25, 0.3) is 0 Å². The first-order valence-corrected chi connectivity index (χ1v) is 4.38. The van der Waals surface area contributed by atoms with Crippen LogP contribution in [0.4, 0.5) is 13.2 Å². The van der Waals surface area contributed by atoms with E-state index in [-0.39, 0.29) is 13.0 Å². The SMILES string of the molecule is CC(C)=COCCC1C(F)OC1(F)F. The van der Waals surface area contributed by atoms with E-state index in [2.05, 4.69) is 4.74 Å². The fourth-order valence-electron chi connectivity index (χ4n) is 1.12. The van der Waals surface area contributed by atoms with Crippen LogP contribution in [0, 0.1) is 5.92 Å². The monoisotopic (exact) mass is 210 g/mol. The lowest BCUT2D eigenvalue weighted by Crippen LogP contribution is -2.52. The van der Waals surface area contributed by atoms with Gasteiger partial charge in [-0.1, -0.05) is 0 Å². The van der Waals surface area contributed by atoms with E-state index in [0.29, 0.717) is 0 Å². The number of hydrogen-bond donors (Lipinski definition) is 0. The Morgan fingerprint density at radius 3 is 2.57 bits per heavy atom. The van der Waals surface area contributed by atoms with Gasteiger partial charge in [0, 0.05) is 0 Å². The van der Waals surface area contributed by atoms with E-state index < -0.39 is 18.4 Å². The van der Waals surface area contributed by atoms with E-state index >= 15 is 0 Å². The van der Waals surface area contributed by atoms with Gasteiger partial charge < -0.3 is 4.74 Å². The third-order valence-electron chi connectivity index (χ3n) is 1.88. The minimum atomic E-state index is -3.33. The average Bonchev–Trinajstić information content (AvgIpc) is 2.01. The Balaban J connectivity index is 2.22. The zero-order valence-corrected chi connectivity index (χ0v) is 8.10. The summed E-state index contributed by atoms with van der Waals surface area (Å²) < 4.78 is 46.1. The van der Waals surface area contributed by atoms with Gasteiger partial charge in [-0.15, -0.1) is 0 Å². The summed E-state index contributed by atoms with van der Waals surface area (Å²) in [5, 5.41) is 0. The van der Waals surface area contributed by atoms with Crippen molar-refractivity contribution in [3.05, 3.63) is 11.8 Å². The molecule has 5 heteroatoms. The van der Waals surface area contributed by atoms with Crippen molar-refractivity contribution in [2.24, 2.45) is 5.92 Å². The molecule has 1 fully saturated rings. The molecule has 1 aliphatic rings. The Labute approximate surface area is 80.7 Å². The number of allylic oxidation sites excluding steroid dienone is 1. The van der Waals surface area contributed by atoms with Crippen molar-refractivity contribution in [2.45, 2.75) is 32.7 Å².